The van der Waals surface area contributed by atoms with E-state index in [9.17, 15) is 4.79 Å². The summed E-state index contributed by atoms with van der Waals surface area (Å²) in [6, 6.07) is 14.5. The van der Waals surface area contributed by atoms with Gasteiger partial charge in [0.15, 0.2) is 6.61 Å². The Balaban J connectivity index is 1.62. The molecule has 0 spiro atoms. The van der Waals surface area contributed by atoms with Crippen LogP contribution in [0.25, 0.3) is 0 Å². The van der Waals surface area contributed by atoms with Crippen LogP contribution in [-0.2, 0) is 4.79 Å². The molecule has 1 N–H and O–H groups in total. The van der Waals surface area contributed by atoms with Gasteiger partial charge in [-0.15, -0.1) is 0 Å². The van der Waals surface area contributed by atoms with Crippen LogP contribution in [-0.4, -0.2) is 25.3 Å². The number of hydrazone groups is 1. The first-order valence-corrected chi connectivity index (χ1v) is 10.5. The summed E-state index contributed by atoms with van der Waals surface area (Å²) in [7, 11) is 0. The predicted molar refractivity (Wildman–Crippen MR) is 118 cm³/mol. The summed E-state index contributed by atoms with van der Waals surface area (Å²) in [5.74, 6) is 1.07. The van der Waals surface area contributed by atoms with Crippen molar-refractivity contribution in [2.75, 3.05) is 13.2 Å². The van der Waals surface area contributed by atoms with Crippen molar-refractivity contribution in [3.63, 3.8) is 0 Å². The molecular formula is C23H29ClN2O3. The van der Waals surface area contributed by atoms with Crippen molar-refractivity contribution in [2.45, 2.75) is 45.4 Å². The molecule has 0 aliphatic rings. The Labute approximate surface area is 178 Å². The summed E-state index contributed by atoms with van der Waals surface area (Å²) in [6.45, 7) is 2.82. The summed E-state index contributed by atoms with van der Waals surface area (Å²) in [6.07, 6.45) is 8.96. The van der Waals surface area contributed by atoms with Crippen LogP contribution < -0.4 is 14.9 Å². The molecule has 0 bridgehead atoms. The molecule has 0 radical (unpaired) electrons. The normalized spacial score (nSPS) is 10.8. The molecule has 0 aromatic heterocycles. The van der Waals surface area contributed by atoms with Crippen molar-refractivity contribution in [3.8, 4) is 11.5 Å². The Bertz CT molecular complexity index is 763. The van der Waals surface area contributed by atoms with Gasteiger partial charge in [-0.05, 0) is 48.4 Å². The molecule has 0 aliphatic heterocycles. The molecule has 2 aromatic rings. The number of carbonyl (C=O) groups is 1. The van der Waals surface area contributed by atoms with Gasteiger partial charge in [-0.25, -0.2) is 5.43 Å². The van der Waals surface area contributed by atoms with Crippen LogP contribution in [0, 0.1) is 0 Å². The van der Waals surface area contributed by atoms with Crippen LogP contribution in [0.3, 0.4) is 0 Å². The third kappa shape index (κ3) is 9.99. The van der Waals surface area contributed by atoms with Crippen molar-refractivity contribution >= 4 is 23.7 Å². The maximum atomic E-state index is 11.8. The summed E-state index contributed by atoms with van der Waals surface area (Å²) < 4.78 is 11.2. The van der Waals surface area contributed by atoms with Crippen LogP contribution in [0.1, 0.15) is 51.0 Å². The van der Waals surface area contributed by atoms with Crippen LogP contribution in [0.5, 0.6) is 11.5 Å². The van der Waals surface area contributed by atoms with Gasteiger partial charge in [0.05, 0.1) is 12.8 Å². The first kappa shape index (κ1) is 22.8. The molecule has 2 rings (SSSR count). The second-order valence-electron chi connectivity index (χ2n) is 6.72. The number of nitrogens with zero attached hydrogens (tertiary/aromatic N) is 1. The number of hydrogen-bond acceptors (Lipinski definition) is 4. The summed E-state index contributed by atoms with van der Waals surface area (Å²) in [5.41, 5.74) is 3.22. The number of amides is 1. The molecule has 0 fully saturated rings. The zero-order valence-corrected chi connectivity index (χ0v) is 17.7. The van der Waals surface area contributed by atoms with Gasteiger partial charge in [0, 0.05) is 5.02 Å². The van der Waals surface area contributed by atoms with Gasteiger partial charge in [-0.2, -0.15) is 5.10 Å². The van der Waals surface area contributed by atoms with Crippen molar-refractivity contribution in [2.24, 2.45) is 5.10 Å². The average Bonchev–Trinajstić information content (AvgIpc) is 2.72. The fourth-order valence-corrected chi connectivity index (χ4v) is 2.85. The molecule has 156 valence electrons. The van der Waals surface area contributed by atoms with Gasteiger partial charge in [0.2, 0.25) is 0 Å². The van der Waals surface area contributed by atoms with E-state index in [0.29, 0.717) is 10.8 Å². The van der Waals surface area contributed by atoms with E-state index in [1.807, 2.05) is 24.3 Å². The minimum atomic E-state index is -0.341. The number of unbranched alkanes of at least 4 members (excludes halogenated alkanes) is 5. The van der Waals surface area contributed by atoms with E-state index in [0.717, 1.165) is 24.3 Å². The van der Waals surface area contributed by atoms with Crippen LogP contribution in [0.15, 0.2) is 53.6 Å². The molecule has 5 nitrogen and oxygen atoms in total. The van der Waals surface area contributed by atoms with E-state index in [-0.39, 0.29) is 12.5 Å². The second-order valence-corrected chi connectivity index (χ2v) is 7.16. The van der Waals surface area contributed by atoms with E-state index < -0.39 is 0 Å². The van der Waals surface area contributed by atoms with Gasteiger partial charge < -0.3 is 9.47 Å². The minimum Gasteiger partial charge on any atom is -0.494 e. The molecular weight excluding hydrogens is 388 g/mol. The summed E-state index contributed by atoms with van der Waals surface area (Å²) in [4.78, 5) is 11.8. The lowest BCUT2D eigenvalue weighted by Gasteiger charge is -2.08. The van der Waals surface area contributed by atoms with Gasteiger partial charge in [-0.1, -0.05) is 62.8 Å². The van der Waals surface area contributed by atoms with Crippen molar-refractivity contribution in [3.05, 3.63) is 59.1 Å². The lowest BCUT2D eigenvalue weighted by Crippen LogP contribution is -2.24. The number of halogens is 1. The van der Waals surface area contributed by atoms with Crippen LogP contribution in [0.4, 0.5) is 0 Å². The highest BCUT2D eigenvalue weighted by atomic mass is 35.5. The number of hydrogen-bond donors (Lipinski definition) is 1. The highest BCUT2D eigenvalue weighted by molar-refractivity contribution is 6.30. The summed E-state index contributed by atoms with van der Waals surface area (Å²) in [5, 5.41) is 4.50. The predicted octanol–water partition coefficient (Wildman–Crippen LogP) is 5.61. The standard InChI is InChI=1S/C23H29ClN2O3/c1-2-3-4-5-6-7-15-28-21-11-13-22(14-12-21)29-18-23(27)26-25-17-19-9-8-10-20(24)16-19/h8-14,16-17H,2-7,15,18H2,1H3,(H,26,27)/b25-17+. The van der Waals surface area contributed by atoms with Gasteiger partial charge in [-0.3, -0.25) is 4.79 Å². The molecule has 1 amide bonds. The van der Waals surface area contributed by atoms with E-state index in [4.69, 9.17) is 21.1 Å². The SMILES string of the molecule is CCCCCCCCOc1ccc(OCC(=O)N/N=C/c2cccc(Cl)c2)cc1. The fourth-order valence-electron chi connectivity index (χ4n) is 2.65. The maximum absolute atomic E-state index is 11.8. The molecule has 0 aliphatic carbocycles. The fraction of sp³-hybridized carbons (Fsp3) is 0.391. The minimum absolute atomic E-state index is 0.120. The van der Waals surface area contributed by atoms with Gasteiger partial charge >= 0.3 is 0 Å². The van der Waals surface area contributed by atoms with Crippen molar-refractivity contribution in [1.29, 1.82) is 0 Å². The molecule has 0 saturated carbocycles. The number of nitrogens with one attached hydrogen (secondary N) is 1. The molecule has 2 aromatic carbocycles. The molecule has 0 unspecified atom stereocenters. The maximum Gasteiger partial charge on any atom is 0.277 e. The quantitative estimate of drug-likeness (QED) is 0.262. The Hall–Kier alpha value is -2.53. The third-order valence-corrected chi connectivity index (χ3v) is 4.45. The van der Waals surface area contributed by atoms with Gasteiger partial charge in [0.25, 0.3) is 5.91 Å². The van der Waals surface area contributed by atoms with Crippen LogP contribution >= 0.6 is 11.6 Å². The topological polar surface area (TPSA) is 59.9 Å². The zero-order valence-electron chi connectivity index (χ0n) is 16.9. The number of ether oxygens (including phenoxy) is 2. The van der Waals surface area contributed by atoms with Crippen LogP contribution in [0.2, 0.25) is 5.02 Å². The van der Waals surface area contributed by atoms with Crippen molar-refractivity contribution < 1.29 is 14.3 Å². The number of rotatable bonds is 13. The smallest absolute Gasteiger partial charge is 0.277 e. The second kappa shape index (κ2) is 13.6. The lowest BCUT2D eigenvalue weighted by molar-refractivity contribution is -0.123. The highest BCUT2D eigenvalue weighted by Gasteiger charge is 2.02. The Kier molecular flexibility index (Phi) is 10.7. The third-order valence-electron chi connectivity index (χ3n) is 4.21. The molecule has 0 heterocycles. The van der Waals surface area contributed by atoms with E-state index in [1.54, 1.807) is 24.3 Å². The highest BCUT2D eigenvalue weighted by Crippen LogP contribution is 2.18. The van der Waals surface area contributed by atoms with Crippen molar-refractivity contribution in [1.82, 2.24) is 5.43 Å². The Morgan fingerprint density at radius 2 is 1.69 bits per heavy atom. The first-order chi connectivity index (χ1) is 14.2. The Morgan fingerprint density at radius 1 is 1.00 bits per heavy atom. The summed E-state index contributed by atoms with van der Waals surface area (Å²) >= 11 is 5.90. The first-order valence-electron chi connectivity index (χ1n) is 10.1. The number of carbonyl (C=O) groups excluding carboxylic acids is 1. The van der Waals surface area contributed by atoms with E-state index >= 15 is 0 Å². The molecule has 0 atom stereocenters. The van der Waals surface area contributed by atoms with E-state index in [2.05, 4.69) is 17.5 Å². The lowest BCUT2D eigenvalue weighted by atomic mass is 10.1. The molecule has 0 saturated heterocycles. The monoisotopic (exact) mass is 416 g/mol. The van der Waals surface area contributed by atoms with Gasteiger partial charge in [0.1, 0.15) is 11.5 Å². The average molecular weight is 417 g/mol. The Morgan fingerprint density at radius 3 is 2.41 bits per heavy atom. The van der Waals surface area contributed by atoms with E-state index in [1.165, 1.54) is 38.3 Å². The molecule has 29 heavy (non-hydrogen) atoms. The molecule has 6 heteroatoms. The number of benzene rings is 2. The largest absolute Gasteiger partial charge is 0.494 e. The zero-order chi connectivity index (χ0) is 20.7.